The van der Waals surface area contributed by atoms with Gasteiger partial charge >= 0.3 is 0 Å². The highest BCUT2D eigenvalue weighted by molar-refractivity contribution is 5.75. The first-order valence-electron chi connectivity index (χ1n) is 6.66. The predicted octanol–water partition coefficient (Wildman–Crippen LogP) is 0.914. The molecule has 0 bridgehead atoms. The molecule has 2 atom stereocenters. The summed E-state index contributed by atoms with van der Waals surface area (Å²) in [7, 11) is 5.75. The maximum atomic E-state index is 11.6. The molecule has 1 aliphatic rings. The molecule has 100 valence electrons. The van der Waals surface area contributed by atoms with Gasteiger partial charge in [-0.3, -0.25) is 4.79 Å². The van der Waals surface area contributed by atoms with Crippen molar-refractivity contribution in [3.8, 4) is 0 Å². The van der Waals surface area contributed by atoms with Crippen molar-refractivity contribution in [2.24, 2.45) is 11.7 Å². The number of hydrogen-bond acceptors (Lipinski definition) is 3. The van der Waals surface area contributed by atoms with Crippen LogP contribution in [0.2, 0.25) is 0 Å². The summed E-state index contributed by atoms with van der Waals surface area (Å²) in [4.78, 5) is 15.5. The molecule has 0 aliphatic heterocycles. The second-order valence-electron chi connectivity index (χ2n) is 5.37. The third kappa shape index (κ3) is 4.28. The van der Waals surface area contributed by atoms with E-state index in [1.54, 1.807) is 4.90 Å². The van der Waals surface area contributed by atoms with Gasteiger partial charge in [0, 0.05) is 33.1 Å². The van der Waals surface area contributed by atoms with Crippen LogP contribution in [0.1, 0.15) is 32.1 Å². The van der Waals surface area contributed by atoms with E-state index in [4.69, 9.17) is 5.73 Å². The van der Waals surface area contributed by atoms with Gasteiger partial charge in [-0.15, -0.1) is 0 Å². The maximum Gasteiger partial charge on any atom is 0.223 e. The van der Waals surface area contributed by atoms with Crippen LogP contribution < -0.4 is 5.73 Å². The SMILES string of the molecule is CN(C)C(=O)CCN(C)C1CCCCC1CN. The van der Waals surface area contributed by atoms with Crippen molar-refractivity contribution < 1.29 is 4.79 Å². The highest BCUT2D eigenvalue weighted by Crippen LogP contribution is 2.27. The van der Waals surface area contributed by atoms with Crippen molar-refractivity contribution in [3.05, 3.63) is 0 Å². The molecular formula is C13H27N3O. The molecular weight excluding hydrogens is 214 g/mol. The van der Waals surface area contributed by atoms with Gasteiger partial charge in [0.1, 0.15) is 0 Å². The van der Waals surface area contributed by atoms with Crippen LogP contribution in [0.3, 0.4) is 0 Å². The number of hydrogen-bond donors (Lipinski definition) is 1. The van der Waals surface area contributed by atoms with Gasteiger partial charge in [-0.2, -0.15) is 0 Å². The Labute approximate surface area is 105 Å². The molecule has 4 heteroatoms. The van der Waals surface area contributed by atoms with Crippen LogP contribution in [0.25, 0.3) is 0 Å². The van der Waals surface area contributed by atoms with Crippen molar-refractivity contribution in [2.75, 3.05) is 34.2 Å². The summed E-state index contributed by atoms with van der Waals surface area (Å²) in [5.41, 5.74) is 5.83. The molecule has 1 rings (SSSR count). The summed E-state index contributed by atoms with van der Waals surface area (Å²) in [5, 5.41) is 0. The fraction of sp³-hybridized carbons (Fsp3) is 0.923. The van der Waals surface area contributed by atoms with Gasteiger partial charge in [0.2, 0.25) is 5.91 Å². The van der Waals surface area contributed by atoms with E-state index in [9.17, 15) is 4.79 Å². The van der Waals surface area contributed by atoms with E-state index in [1.165, 1.54) is 25.7 Å². The predicted molar refractivity (Wildman–Crippen MR) is 70.7 cm³/mol. The van der Waals surface area contributed by atoms with E-state index in [0.717, 1.165) is 13.1 Å². The molecule has 2 N–H and O–H groups in total. The second-order valence-corrected chi connectivity index (χ2v) is 5.37. The zero-order valence-electron chi connectivity index (χ0n) is 11.5. The number of carbonyl (C=O) groups excluding carboxylic acids is 1. The normalized spacial score (nSPS) is 25.0. The van der Waals surface area contributed by atoms with Crippen LogP contribution in [0.4, 0.5) is 0 Å². The van der Waals surface area contributed by atoms with E-state index in [1.807, 2.05) is 14.1 Å². The number of rotatable bonds is 5. The monoisotopic (exact) mass is 241 g/mol. The summed E-state index contributed by atoms with van der Waals surface area (Å²) < 4.78 is 0. The average molecular weight is 241 g/mol. The van der Waals surface area contributed by atoms with Crippen LogP contribution in [0.5, 0.6) is 0 Å². The minimum absolute atomic E-state index is 0.206. The lowest BCUT2D eigenvalue weighted by atomic mass is 9.83. The largest absolute Gasteiger partial charge is 0.349 e. The highest BCUT2D eigenvalue weighted by atomic mass is 16.2. The minimum atomic E-state index is 0.206. The average Bonchev–Trinajstić information content (AvgIpc) is 2.35. The second kappa shape index (κ2) is 6.97. The fourth-order valence-electron chi connectivity index (χ4n) is 2.70. The summed E-state index contributed by atoms with van der Waals surface area (Å²) in [5.74, 6) is 0.820. The maximum absolute atomic E-state index is 11.6. The smallest absolute Gasteiger partial charge is 0.223 e. The Bertz CT molecular complexity index is 243. The molecule has 1 amide bonds. The molecule has 0 spiro atoms. The van der Waals surface area contributed by atoms with Gasteiger partial charge in [-0.25, -0.2) is 0 Å². The zero-order valence-corrected chi connectivity index (χ0v) is 11.5. The van der Waals surface area contributed by atoms with Crippen molar-refractivity contribution in [3.63, 3.8) is 0 Å². The van der Waals surface area contributed by atoms with E-state index in [2.05, 4.69) is 11.9 Å². The lowest BCUT2D eigenvalue weighted by Crippen LogP contribution is -2.44. The standard InChI is InChI=1S/C13H27N3O/c1-15(2)13(17)8-9-16(3)12-7-5-4-6-11(12)10-14/h11-12H,4-10,14H2,1-3H3. The molecule has 0 aromatic heterocycles. The molecule has 0 heterocycles. The first kappa shape index (κ1) is 14.5. The Balaban J connectivity index is 2.39. The van der Waals surface area contributed by atoms with Crippen molar-refractivity contribution in [2.45, 2.75) is 38.1 Å². The molecule has 4 nitrogen and oxygen atoms in total. The van der Waals surface area contributed by atoms with Crippen LogP contribution in [-0.4, -0.2) is 56.0 Å². The summed E-state index contributed by atoms with van der Waals surface area (Å²) >= 11 is 0. The van der Waals surface area contributed by atoms with Crippen molar-refractivity contribution in [1.82, 2.24) is 9.80 Å². The van der Waals surface area contributed by atoms with Gasteiger partial charge < -0.3 is 15.5 Å². The Kier molecular flexibility index (Phi) is 5.92. The molecule has 1 saturated carbocycles. The third-order valence-corrected chi connectivity index (χ3v) is 3.92. The van der Waals surface area contributed by atoms with Crippen LogP contribution in [-0.2, 0) is 4.79 Å². The van der Waals surface area contributed by atoms with Crippen molar-refractivity contribution >= 4 is 5.91 Å². The van der Waals surface area contributed by atoms with Gasteiger partial charge in [0.05, 0.1) is 0 Å². The zero-order chi connectivity index (χ0) is 12.8. The molecule has 0 saturated heterocycles. The lowest BCUT2D eigenvalue weighted by Gasteiger charge is -2.37. The number of amides is 1. The number of carbonyl (C=O) groups is 1. The van der Waals surface area contributed by atoms with Crippen LogP contribution in [0, 0.1) is 5.92 Å². The summed E-state index contributed by atoms with van der Waals surface area (Å²) in [6, 6.07) is 0.573. The highest BCUT2D eigenvalue weighted by Gasteiger charge is 2.27. The molecule has 17 heavy (non-hydrogen) atoms. The quantitative estimate of drug-likeness (QED) is 0.778. The van der Waals surface area contributed by atoms with E-state index in [0.29, 0.717) is 18.4 Å². The fourth-order valence-corrected chi connectivity index (χ4v) is 2.70. The Morgan fingerprint density at radius 3 is 2.47 bits per heavy atom. The van der Waals surface area contributed by atoms with Gasteiger partial charge in [-0.05, 0) is 32.4 Å². The first-order valence-corrected chi connectivity index (χ1v) is 6.66. The Hall–Kier alpha value is -0.610. The van der Waals surface area contributed by atoms with Crippen LogP contribution in [0.15, 0.2) is 0 Å². The topological polar surface area (TPSA) is 49.6 Å². The lowest BCUT2D eigenvalue weighted by molar-refractivity contribution is -0.129. The Morgan fingerprint density at radius 1 is 1.24 bits per heavy atom. The molecule has 0 aromatic carbocycles. The molecule has 1 fully saturated rings. The molecule has 0 aromatic rings. The van der Waals surface area contributed by atoms with E-state index in [-0.39, 0.29) is 5.91 Å². The molecule has 2 unspecified atom stereocenters. The molecule has 0 radical (unpaired) electrons. The Morgan fingerprint density at radius 2 is 1.88 bits per heavy atom. The summed E-state index contributed by atoms with van der Waals surface area (Å²) in [6.45, 7) is 1.62. The minimum Gasteiger partial charge on any atom is -0.349 e. The summed E-state index contributed by atoms with van der Waals surface area (Å²) in [6.07, 6.45) is 5.69. The first-order chi connectivity index (χ1) is 8.06. The van der Waals surface area contributed by atoms with Gasteiger partial charge in [-0.1, -0.05) is 12.8 Å². The van der Waals surface area contributed by atoms with Gasteiger partial charge in [0.25, 0.3) is 0 Å². The van der Waals surface area contributed by atoms with Crippen molar-refractivity contribution in [1.29, 1.82) is 0 Å². The van der Waals surface area contributed by atoms with Crippen LogP contribution >= 0.6 is 0 Å². The number of nitrogens with zero attached hydrogens (tertiary/aromatic N) is 2. The van der Waals surface area contributed by atoms with E-state index < -0.39 is 0 Å². The molecule has 1 aliphatic carbocycles. The van der Waals surface area contributed by atoms with Gasteiger partial charge in [0.15, 0.2) is 0 Å². The number of nitrogens with two attached hydrogens (primary N) is 1. The third-order valence-electron chi connectivity index (χ3n) is 3.92. The van der Waals surface area contributed by atoms with E-state index >= 15 is 0 Å².